The molecule has 0 aliphatic heterocycles. The van der Waals surface area contributed by atoms with Gasteiger partial charge in [-0.25, -0.2) is 0 Å². The van der Waals surface area contributed by atoms with Gasteiger partial charge in [0.2, 0.25) is 0 Å². The molecule has 0 spiro atoms. The first-order chi connectivity index (χ1) is 19.2. The van der Waals surface area contributed by atoms with Crippen molar-refractivity contribution in [3.8, 4) is 11.5 Å². The van der Waals surface area contributed by atoms with Crippen molar-refractivity contribution in [1.29, 1.82) is 0 Å². The van der Waals surface area contributed by atoms with Crippen molar-refractivity contribution >= 4 is 5.91 Å². The van der Waals surface area contributed by atoms with E-state index >= 15 is 0 Å². The minimum atomic E-state index is -0.223. The van der Waals surface area contributed by atoms with Crippen LogP contribution in [0.4, 0.5) is 0 Å². The summed E-state index contributed by atoms with van der Waals surface area (Å²) in [4.78, 5) is 15.1. The molecule has 6 heteroatoms. The highest BCUT2D eigenvalue weighted by Gasteiger charge is 2.16. The van der Waals surface area contributed by atoms with Gasteiger partial charge in [-0.1, -0.05) is 81.4 Å². The number of methoxy groups -OCH3 is 2. The van der Waals surface area contributed by atoms with Crippen molar-refractivity contribution in [3.63, 3.8) is 0 Å². The number of amides is 1. The number of carbonyl (C=O) groups excluding carboxylic acids is 1. The number of furan rings is 1. The average Bonchev–Trinajstić information content (AvgIpc) is 3.42. The van der Waals surface area contributed by atoms with Crippen LogP contribution in [0.5, 0.6) is 11.5 Å². The second kappa shape index (κ2) is 13.4. The highest BCUT2D eigenvalue weighted by Crippen LogP contribution is 2.27. The SMILES string of the molecule is COc1ccc(CCNC(=O)c2ccc(CN(Cc3ccccc3)Cc3ccc(C(C)(C)C)cc3)o2)cc1OC. The van der Waals surface area contributed by atoms with Crippen molar-refractivity contribution in [2.45, 2.75) is 52.2 Å². The standard InChI is InChI=1S/C34H40N2O4/c1-34(2,3)28-14-11-27(12-15-28)23-36(22-26-9-7-6-8-10-26)24-29-16-18-31(40-29)33(37)35-20-19-25-13-17-30(38-4)32(21-25)39-5/h6-18,21H,19-20,22-24H2,1-5H3,(H,35,37). The summed E-state index contributed by atoms with van der Waals surface area (Å²) in [5, 5.41) is 2.96. The van der Waals surface area contributed by atoms with Crippen LogP contribution in [0.25, 0.3) is 0 Å². The first-order valence-electron chi connectivity index (χ1n) is 13.7. The van der Waals surface area contributed by atoms with E-state index in [2.05, 4.69) is 79.5 Å². The molecule has 40 heavy (non-hydrogen) atoms. The van der Waals surface area contributed by atoms with E-state index in [0.717, 1.165) is 24.4 Å². The van der Waals surface area contributed by atoms with Gasteiger partial charge in [0, 0.05) is 19.6 Å². The molecule has 0 saturated heterocycles. The van der Waals surface area contributed by atoms with E-state index in [1.807, 2.05) is 30.3 Å². The second-order valence-corrected chi connectivity index (χ2v) is 11.0. The summed E-state index contributed by atoms with van der Waals surface area (Å²) in [5.41, 5.74) is 4.95. The number of nitrogens with one attached hydrogen (secondary N) is 1. The topological polar surface area (TPSA) is 63.9 Å². The fourth-order valence-corrected chi connectivity index (χ4v) is 4.63. The Morgan fingerprint density at radius 2 is 1.43 bits per heavy atom. The molecule has 1 heterocycles. The van der Waals surface area contributed by atoms with Crippen LogP contribution in [0, 0.1) is 0 Å². The number of carbonyl (C=O) groups is 1. The Balaban J connectivity index is 1.38. The number of ether oxygens (including phenoxy) is 2. The lowest BCUT2D eigenvalue weighted by Crippen LogP contribution is -2.25. The van der Waals surface area contributed by atoms with E-state index in [9.17, 15) is 4.79 Å². The Kier molecular flexibility index (Phi) is 9.67. The number of rotatable bonds is 12. The fourth-order valence-electron chi connectivity index (χ4n) is 4.63. The lowest BCUT2D eigenvalue weighted by atomic mass is 9.87. The van der Waals surface area contributed by atoms with Gasteiger partial charge in [0.25, 0.3) is 5.91 Å². The first-order valence-corrected chi connectivity index (χ1v) is 13.7. The molecule has 4 rings (SSSR count). The van der Waals surface area contributed by atoms with E-state index < -0.39 is 0 Å². The van der Waals surface area contributed by atoms with Crippen molar-refractivity contribution in [2.24, 2.45) is 0 Å². The highest BCUT2D eigenvalue weighted by atomic mass is 16.5. The number of hydrogen-bond donors (Lipinski definition) is 1. The zero-order chi connectivity index (χ0) is 28.5. The van der Waals surface area contributed by atoms with Gasteiger partial charge >= 0.3 is 0 Å². The minimum Gasteiger partial charge on any atom is -0.493 e. The fraction of sp³-hybridized carbons (Fsp3) is 0.324. The first kappa shape index (κ1) is 29.0. The van der Waals surface area contributed by atoms with Gasteiger partial charge < -0.3 is 19.2 Å². The van der Waals surface area contributed by atoms with E-state index in [1.165, 1.54) is 16.7 Å². The summed E-state index contributed by atoms with van der Waals surface area (Å²) < 4.78 is 16.7. The smallest absolute Gasteiger partial charge is 0.287 e. The quantitative estimate of drug-likeness (QED) is 0.215. The molecule has 0 bridgehead atoms. The zero-order valence-electron chi connectivity index (χ0n) is 24.2. The van der Waals surface area contributed by atoms with Gasteiger partial charge in [-0.2, -0.15) is 0 Å². The Labute approximate surface area is 237 Å². The molecule has 0 atom stereocenters. The van der Waals surface area contributed by atoms with Gasteiger partial charge in [-0.3, -0.25) is 9.69 Å². The summed E-state index contributed by atoms with van der Waals surface area (Å²) >= 11 is 0. The Bertz CT molecular complexity index is 1370. The third-order valence-electron chi connectivity index (χ3n) is 6.89. The van der Waals surface area contributed by atoms with E-state index in [1.54, 1.807) is 20.3 Å². The van der Waals surface area contributed by atoms with Crippen molar-refractivity contribution in [1.82, 2.24) is 10.2 Å². The lowest BCUT2D eigenvalue weighted by molar-refractivity contribution is 0.0922. The summed E-state index contributed by atoms with van der Waals surface area (Å²) in [6, 6.07) is 28.7. The summed E-state index contributed by atoms with van der Waals surface area (Å²) in [7, 11) is 3.22. The molecule has 3 aromatic carbocycles. The molecule has 6 nitrogen and oxygen atoms in total. The third kappa shape index (κ3) is 7.99. The Morgan fingerprint density at radius 3 is 2.08 bits per heavy atom. The minimum absolute atomic E-state index is 0.120. The maximum Gasteiger partial charge on any atom is 0.287 e. The van der Waals surface area contributed by atoms with Crippen LogP contribution in [-0.4, -0.2) is 31.6 Å². The van der Waals surface area contributed by atoms with Gasteiger partial charge in [0.1, 0.15) is 5.76 Å². The predicted octanol–water partition coefficient (Wildman–Crippen LogP) is 6.77. The average molecular weight is 541 g/mol. The molecule has 210 valence electrons. The normalized spacial score (nSPS) is 11.4. The third-order valence-corrected chi connectivity index (χ3v) is 6.89. The van der Waals surface area contributed by atoms with Crippen LogP contribution in [-0.2, 0) is 31.5 Å². The maximum absolute atomic E-state index is 12.8. The van der Waals surface area contributed by atoms with Crippen LogP contribution >= 0.6 is 0 Å². The molecule has 0 unspecified atom stereocenters. The van der Waals surface area contributed by atoms with Gasteiger partial charge in [0.05, 0.1) is 20.8 Å². The van der Waals surface area contributed by atoms with Gasteiger partial charge in [0.15, 0.2) is 17.3 Å². The molecular formula is C34H40N2O4. The van der Waals surface area contributed by atoms with Gasteiger partial charge in [-0.05, 0) is 58.4 Å². The molecule has 1 N–H and O–H groups in total. The molecule has 0 radical (unpaired) electrons. The summed E-state index contributed by atoms with van der Waals surface area (Å²) in [5.74, 6) is 2.21. The highest BCUT2D eigenvalue weighted by molar-refractivity contribution is 5.91. The molecule has 4 aromatic rings. The molecule has 1 aromatic heterocycles. The molecule has 0 aliphatic rings. The van der Waals surface area contributed by atoms with E-state index in [-0.39, 0.29) is 11.3 Å². The number of hydrogen-bond acceptors (Lipinski definition) is 5. The molecule has 0 fully saturated rings. The summed E-state index contributed by atoms with van der Waals surface area (Å²) in [6.07, 6.45) is 0.665. The summed E-state index contributed by atoms with van der Waals surface area (Å²) in [6.45, 7) is 9.30. The Morgan fingerprint density at radius 1 is 0.775 bits per heavy atom. The molecular weight excluding hydrogens is 500 g/mol. The van der Waals surface area contributed by atoms with Crippen LogP contribution in [0.15, 0.2) is 89.3 Å². The van der Waals surface area contributed by atoms with Crippen molar-refractivity contribution < 1.29 is 18.7 Å². The largest absolute Gasteiger partial charge is 0.493 e. The lowest BCUT2D eigenvalue weighted by Gasteiger charge is -2.23. The number of nitrogens with zero attached hydrogens (tertiary/aromatic N) is 1. The van der Waals surface area contributed by atoms with E-state index in [0.29, 0.717) is 36.8 Å². The van der Waals surface area contributed by atoms with Crippen LogP contribution < -0.4 is 14.8 Å². The van der Waals surface area contributed by atoms with Crippen molar-refractivity contribution in [2.75, 3.05) is 20.8 Å². The second-order valence-electron chi connectivity index (χ2n) is 11.0. The van der Waals surface area contributed by atoms with Crippen LogP contribution in [0.1, 0.15) is 59.3 Å². The predicted molar refractivity (Wildman–Crippen MR) is 159 cm³/mol. The van der Waals surface area contributed by atoms with E-state index in [4.69, 9.17) is 13.9 Å². The van der Waals surface area contributed by atoms with Crippen molar-refractivity contribution in [3.05, 3.63) is 119 Å². The molecule has 0 saturated carbocycles. The van der Waals surface area contributed by atoms with Crippen LogP contribution in [0.3, 0.4) is 0 Å². The Hall–Kier alpha value is -4.03. The molecule has 0 aliphatic carbocycles. The maximum atomic E-state index is 12.8. The molecule has 1 amide bonds. The van der Waals surface area contributed by atoms with Crippen LogP contribution in [0.2, 0.25) is 0 Å². The van der Waals surface area contributed by atoms with Gasteiger partial charge in [-0.15, -0.1) is 0 Å². The number of benzene rings is 3. The monoisotopic (exact) mass is 540 g/mol. The zero-order valence-corrected chi connectivity index (χ0v) is 24.2.